The molecule has 0 aromatic heterocycles. The number of carbonyl (C=O) groups is 3. The van der Waals surface area contributed by atoms with Gasteiger partial charge in [-0.2, -0.15) is 0 Å². The molecule has 0 saturated heterocycles. The van der Waals surface area contributed by atoms with Gasteiger partial charge in [0, 0.05) is 17.6 Å². The Bertz CT molecular complexity index is 1020. The van der Waals surface area contributed by atoms with Crippen molar-refractivity contribution >= 4 is 28.6 Å². The van der Waals surface area contributed by atoms with Gasteiger partial charge in [0.05, 0.1) is 17.4 Å². The summed E-state index contributed by atoms with van der Waals surface area (Å²) in [7, 11) is 0. The van der Waals surface area contributed by atoms with Crippen molar-refractivity contribution in [2.75, 3.05) is 0 Å². The molecule has 1 aliphatic carbocycles. The lowest BCUT2D eigenvalue weighted by atomic mass is 9.79. The van der Waals surface area contributed by atoms with Crippen LogP contribution >= 0.6 is 0 Å². The Labute approximate surface area is 195 Å². The molecule has 3 atom stereocenters. The quantitative estimate of drug-likeness (QED) is 0.552. The molecule has 0 unspecified atom stereocenters. The van der Waals surface area contributed by atoms with Gasteiger partial charge in [-0.3, -0.25) is 14.4 Å². The number of esters is 1. The second-order valence-corrected chi connectivity index (χ2v) is 9.57. The molecule has 2 aromatic carbocycles. The van der Waals surface area contributed by atoms with E-state index in [9.17, 15) is 19.5 Å². The molecule has 1 amide bonds. The van der Waals surface area contributed by atoms with Gasteiger partial charge in [0.2, 0.25) is 0 Å². The van der Waals surface area contributed by atoms with E-state index in [0.29, 0.717) is 24.0 Å². The minimum atomic E-state index is -0.949. The molecule has 0 heterocycles. The van der Waals surface area contributed by atoms with Gasteiger partial charge < -0.3 is 14.7 Å². The lowest BCUT2D eigenvalue weighted by Crippen LogP contribution is -2.42. The van der Waals surface area contributed by atoms with Crippen molar-refractivity contribution in [1.29, 1.82) is 0 Å². The summed E-state index contributed by atoms with van der Waals surface area (Å²) in [4.78, 5) is 40.3. The first-order chi connectivity index (χ1) is 15.6. The van der Waals surface area contributed by atoms with E-state index in [0.717, 1.165) is 23.6 Å². The van der Waals surface area contributed by atoms with Crippen LogP contribution in [0.5, 0.6) is 0 Å². The molecule has 6 heteroatoms. The molecular formula is C27H35NO5. The zero-order chi connectivity index (χ0) is 24.3. The standard InChI is InChI=1S/C27H35NO5/c1-16(2)28(17(3)4)25(29)24-20(15-14-19-10-6-7-11-21(19)24)18(5)33-27(32)23-13-9-8-12-22(23)26(30)31/h6-7,10-11,14-18,22-23H,8-9,12-13H2,1-5H3,(H,30,31)/t18-,22-,23+/m0/s1. The minimum absolute atomic E-state index is 0.000684. The summed E-state index contributed by atoms with van der Waals surface area (Å²) in [6, 6.07) is 11.5. The maximum absolute atomic E-state index is 13.8. The van der Waals surface area contributed by atoms with Crippen molar-refractivity contribution in [2.45, 2.75) is 78.5 Å². The average molecular weight is 454 g/mol. The number of hydrogen-bond donors (Lipinski definition) is 1. The van der Waals surface area contributed by atoms with Crippen molar-refractivity contribution in [3.05, 3.63) is 47.5 Å². The first kappa shape index (κ1) is 24.7. The maximum atomic E-state index is 13.8. The first-order valence-corrected chi connectivity index (χ1v) is 11.9. The number of aliphatic carboxylic acids is 1. The third kappa shape index (κ3) is 5.21. The zero-order valence-electron chi connectivity index (χ0n) is 20.2. The van der Waals surface area contributed by atoms with E-state index in [1.807, 2.05) is 69.0 Å². The Morgan fingerprint density at radius 3 is 2.12 bits per heavy atom. The highest BCUT2D eigenvalue weighted by Gasteiger charge is 2.38. The van der Waals surface area contributed by atoms with E-state index >= 15 is 0 Å². The molecule has 1 N–H and O–H groups in total. The van der Waals surface area contributed by atoms with Crippen LogP contribution in [-0.2, 0) is 14.3 Å². The summed E-state index contributed by atoms with van der Waals surface area (Å²) < 4.78 is 5.82. The van der Waals surface area contributed by atoms with E-state index in [4.69, 9.17) is 4.74 Å². The van der Waals surface area contributed by atoms with Crippen molar-refractivity contribution < 1.29 is 24.2 Å². The number of carboxylic acids is 1. The molecule has 0 aliphatic heterocycles. The Morgan fingerprint density at radius 2 is 1.52 bits per heavy atom. The molecular weight excluding hydrogens is 418 g/mol. The van der Waals surface area contributed by atoms with E-state index in [-0.39, 0.29) is 18.0 Å². The first-order valence-electron chi connectivity index (χ1n) is 11.9. The molecule has 33 heavy (non-hydrogen) atoms. The molecule has 3 rings (SSSR count). The number of carboxylic acid groups (broad SMARTS) is 1. The Hall–Kier alpha value is -2.89. The fraction of sp³-hybridized carbons (Fsp3) is 0.519. The van der Waals surface area contributed by atoms with Crippen LogP contribution in [0.4, 0.5) is 0 Å². The van der Waals surface area contributed by atoms with Gasteiger partial charge in [0.1, 0.15) is 6.10 Å². The summed E-state index contributed by atoms with van der Waals surface area (Å²) in [6.45, 7) is 9.71. The fourth-order valence-electron chi connectivity index (χ4n) is 5.09. The van der Waals surface area contributed by atoms with Crippen molar-refractivity contribution in [3.63, 3.8) is 0 Å². The van der Waals surface area contributed by atoms with Crippen molar-refractivity contribution in [2.24, 2.45) is 11.8 Å². The van der Waals surface area contributed by atoms with Gasteiger partial charge in [-0.05, 0) is 58.2 Å². The fourth-order valence-corrected chi connectivity index (χ4v) is 5.09. The van der Waals surface area contributed by atoms with Gasteiger partial charge in [-0.25, -0.2) is 0 Å². The van der Waals surface area contributed by atoms with Gasteiger partial charge in [-0.1, -0.05) is 49.2 Å². The summed E-state index contributed by atoms with van der Waals surface area (Å²) in [5, 5.41) is 11.3. The van der Waals surface area contributed by atoms with Crippen LogP contribution in [0, 0.1) is 11.8 Å². The van der Waals surface area contributed by atoms with E-state index < -0.39 is 29.9 Å². The summed E-state index contributed by atoms with van der Waals surface area (Å²) >= 11 is 0. The second-order valence-electron chi connectivity index (χ2n) is 9.57. The Morgan fingerprint density at radius 1 is 0.909 bits per heavy atom. The number of benzene rings is 2. The number of nitrogens with zero attached hydrogens (tertiary/aromatic N) is 1. The topological polar surface area (TPSA) is 83.9 Å². The van der Waals surface area contributed by atoms with Gasteiger partial charge in [0.15, 0.2) is 0 Å². The molecule has 0 radical (unpaired) electrons. The third-order valence-corrected chi connectivity index (χ3v) is 6.64. The zero-order valence-corrected chi connectivity index (χ0v) is 20.2. The van der Waals surface area contributed by atoms with Crippen LogP contribution in [0.2, 0.25) is 0 Å². The van der Waals surface area contributed by atoms with Gasteiger partial charge >= 0.3 is 11.9 Å². The number of amides is 1. The predicted molar refractivity (Wildman–Crippen MR) is 128 cm³/mol. The molecule has 2 aromatic rings. The molecule has 0 bridgehead atoms. The summed E-state index contributed by atoms with van der Waals surface area (Å²) in [5.74, 6) is -2.91. The Kier molecular flexibility index (Phi) is 7.77. The summed E-state index contributed by atoms with van der Waals surface area (Å²) in [6.07, 6.45) is 1.94. The lowest BCUT2D eigenvalue weighted by molar-refractivity contribution is -0.163. The van der Waals surface area contributed by atoms with Crippen LogP contribution in [0.1, 0.15) is 82.3 Å². The second kappa shape index (κ2) is 10.4. The largest absolute Gasteiger partial charge is 0.481 e. The number of ether oxygens (including phenoxy) is 1. The average Bonchev–Trinajstić information content (AvgIpc) is 2.77. The number of fused-ring (bicyclic) bond motifs is 1. The van der Waals surface area contributed by atoms with Crippen LogP contribution in [0.25, 0.3) is 10.8 Å². The molecule has 1 saturated carbocycles. The number of rotatable bonds is 7. The summed E-state index contributed by atoms with van der Waals surface area (Å²) in [5.41, 5.74) is 1.18. The Balaban J connectivity index is 2.00. The van der Waals surface area contributed by atoms with E-state index in [2.05, 4.69) is 0 Å². The number of hydrogen-bond acceptors (Lipinski definition) is 4. The highest BCUT2D eigenvalue weighted by atomic mass is 16.5. The maximum Gasteiger partial charge on any atom is 0.310 e. The lowest BCUT2D eigenvalue weighted by Gasteiger charge is -2.33. The van der Waals surface area contributed by atoms with E-state index in [1.54, 1.807) is 6.92 Å². The normalized spacial score (nSPS) is 19.5. The molecule has 6 nitrogen and oxygen atoms in total. The van der Waals surface area contributed by atoms with Crippen LogP contribution < -0.4 is 0 Å². The molecule has 1 aliphatic rings. The smallest absolute Gasteiger partial charge is 0.310 e. The molecule has 1 fully saturated rings. The van der Waals surface area contributed by atoms with E-state index in [1.165, 1.54) is 0 Å². The van der Waals surface area contributed by atoms with Crippen LogP contribution in [0.15, 0.2) is 36.4 Å². The molecule has 0 spiro atoms. The minimum Gasteiger partial charge on any atom is -0.481 e. The van der Waals surface area contributed by atoms with Crippen LogP contribution in [0.3, 0.4) is 0 Å². The number of carbonyl (C=O) groups excluding carboxylic acids is 2. The SMILES string of the molecule is CC(C)N(C(=O)c1c([C@H](C)OC(=O)[C@@H]2CCCC[C@@H]2C(=O)O)ccc2ccccc12)C(C)C. The van der Waals surface area contributed by atoms with Crippen LogP contribution in [-0.4, -0.2) is 39.9 Å². The highest BCUT2D eigenvalue weighted by molar-refractivity contribution is 6.08. The third-order valence-electron chi connectivity index (χ3n) is 6.64. The van der Waals surface area contributed by atoms with Gasteiger partial charge in [-0.15, -0.1) is 0 Å². The van der Waals surface area contributed by atoms with Crippen molar-refractivity contribution in [3.8, 4) is 0 Å². The van der Waals surface area contributed by atoms with Crippen molar-refractivity contribution in [1.82, 2.24) is 4.90 Å². The monoisotopic (exact) mass is 453 g/mol. The predicted octanol–water partition coefficient (Wildman–Crippen LogP) is 5.59. The molecule has 178 valence electrons. The van der Waals surface area contributed by atoms with Gasteiger partial charge in [0.25, 0.3) is 5.91 Å². The highest BCUT2D eigenvalue weighted by Crippen LogP contribution is 2.35.